The Balaban J connectivity index is 1.29. The van der Waals surface area contributed by atoms with Crippen LogP contribution in [-0.2, 0) is 41.5 Å². The molecule has 236 valence electrons. The van der Waals surface area contributed by atoms with Gasteiger partial charge < -0.3 is 9.47 Å². The maximum Gasteiger partial charge on any atom is 0.154 e. The van der Waals surface area contributed by atoms with Crippen molar-refractivity contribution in [3.05, 3.63) is 68.8 Å². The Hall–Kier alpha value is -3.55. The van der Waals surface area contributed by atoms with Crippen molar-refractivity contribution in [2.75, 3.05) is 0 Å². The molecule has 4 heterocycles. The molecule has 4 saturated heterocycles. The van der Waals surface area contributed by atoms with Crippen LogP contribution in [0.3, 0.4) is 0 Å². The van der Waals surface area contributed by atoms with E-state index in [2.05, 4.69) is 23.1 Å². The minimum atomic E-state index is -0.869. The van der Waals surface area contributed by atoms with Gasteiger partial charge in [-0.15, -0.1) is 5.92 Å². The van der Waals surface area contributed by atoms with E-state index in [1.165, 1.54) is 0 Å². The molecule has 0 amide bonds. The highest BCUT2D eigenvalue weighted by Crippen LogP contribution is 2.53. The van der Waals surface area contributed by atoms with E-state index in [-0.39, 0.29) is 72.2 Å². The van der Waals surface area contributed by atoms with Gasteiger partial charge in [0.1, 0.15) is 23.4 Å². The first-order valence-electron chi connectivity index (χ1n) is 16.4. The first-order valence-corrected chi connectivity index (χ1v) is 16.8. The Morgan fingerprint density at radius 3 is 1.70 bits per heavy atom. The second-order valence-corrected chi connectivity index (χ2v) is 13.8. The number of carbonyl (C=O) groups is 4. The molecule has 0 aromatic heterocycles. The molecular formula is C39H37ClO6. The van der Waals surface area contributed by atoms with E-state index in [1.54, 1.807) is 6.92 Å². The number of carbonyl (C=O) groups excluding carboxylic acids is 4. The van der Waals surface area contributed by atoms with Gasteiger partial charge in [-0.05, 0) is 134 Å². The highest BCUT2D eigenvalue weighted by atomic mass is 35.5. The maximum absolute atomic E-state index is 13.9. The molecule has 2 aromatic carbocycles. The molecule has 0 spiro atoms. The molecule has 46 heavy (non-hydrogen) atoms. The Bertz CT molecular complexity index is 1670. The number of hydrogen-bond donors (Lipinski definition) is 0. The summed E-state index contributed by atoms with van der Waals surface area (Å²) in [4.78, 5) is 55.3. The lowest BCUT2D eigenvalue weighted by Gasteiger charge is -2.26. The third-order valence-corrected chi connectivity index (χ3v) is 10.9. The van der Waals surface area contributed by atoms with E-state index in [0.717, 1.165) is 64.6 Å². The predicted octanol–water partition coefficient (Wildman–Crippen LogP) is 5.60. The molecule has 4 bridgehead atoms. The van der Waals surface area contributed by atoms with E-state index in [9.17, 15) is 19.2 Å². The van der Waals surface area contributed by atoms with Crippen molar-refractivity contribution in [1.82, 2.24) is 0 Å². The summed E-state index contributed by atoms with van der Waals surface area (Å²) in [6.07, 6.45) is 4.00. The molecule has 1 saturated carbocycles. The number of fused-ring (bicyclic) bond motifs is 7. The van der Waals surface area contributed by atoms with Gasteiger partial charge >= 0.3 is 0 Å². The number of halogens is 1. The fraction of sp³-hybridized carbons (Fsp3) is 0.487. The van der Waals surface area contributed by atoms with Gasteiger partial charge in [0.25, 0.3) is 0 Å². The van der Waals surface area contributed by atoms with Crippen LogP contribution in [0.2, 0.25) is 0 Å². The zero-order valence-electron chi connectivity index (χ0n) is 26.4. The molecule has 7 rings (SSSR count). The lowest BCUT2D eigenvalue weighted by atomic mass is 9.78. The molecule has 5 aliphatic rings. The van der Waals surface area contributed by atoms with Crippen LogP contribution in [0.15, 0.2) is 24.3 Å². The summed E-state index contributed by atoms with van der Waals surface area (Å²) >= 11 is 5.81. The average Bonchev–Trinajstić information content (AvgIpc) is 3.79. The molecule has 0 radical (unpaired) electrons. The molecule has 7 heteroatoms. The zero-order valence-corrected chi connectivity index (χ0v) is 27.2. The second-order valence-electron chi connectivity index (χ2n) is 13.6. The van der Waals surface area contributed by atoms with Crippen LogP contribution in [0.25, 0.3) is 0 Å². The fourth-order valence-electron chi connectivity index (χ4n) is 9.07. The number of ketones is 4. The Kier molecular flexibility index (Phi) is 8.26. The topological polar surface area (TPSA) is 86.7 Å². The van der Waals surface area contributed by atoms with Crippen molar-refractivity contribution in [2.24, 2.45) is 11.8 Å². The molecule has 6 nitrogen and oxygen atoms in total. The Labute approximate surface area is 274 Å². The molecule has 5 fully saturated rings. The average molecular weight is 637 g/mol. The summed E-state index contributed by atoms with van der Waals surface area (Å²) in [6.45, 7) is 5.65. The highest BCUT2D eigenvalue weighted by molar-refractivity contribution is 6.30. The summed E-state index contributed by atoms with van der Waals surface area (Å²) in [5.41, 5.74) is 6.44. The van der Waals surface area contributed by atoms with Crippen LogP contribution in [-0.4, -0.2) is 47.5 Å². The minimum absolute atomic E-state index is 0.0284. The summed E-state index contributed by atoms with van der Waals surface area (Å²) in [5.74, 6) is 6.35. The van der Waals surface area contributed by atoms with Gasteiger partial charge in [-0.3, -0.25) is 19.2 Å². The van der Waals surface area contributed by atoms with Gasteiger partial charge in [0.15, 0.2) is 11.6 Å². The SMILES string of the molecule is CC#Cc1cc(C)c(C2C(=O)C3C4CCC(O4)C3C2=O)c(CCc2cc(C#CCl)cc(C)c2C2C(=O)CC3CCC(CC2=O)O3)c1. The first-order chi connectivity index (χ1) is 22.2. The molecular weight excluding hydrogens is 600 g/mol. The number of Topliss-reactive ketones (excluding diaryl/α,β-unsaturated/α-hetero) is 4. The predicted molar refractivity (Wildman–Crippen MR) is 173 cm³/mol. The van der Waals surface area contributed by atoms with Gasteiger partial charge in [0, 0.05) is 29.3 Å². The summed E-state index contributed by atoms with van der Waals surface area (Å²) < 4.78 is 12.0. The molecule has 2 aromatic rings. The third-order valence-electron chi connectivity index (χ3n) is 10.8. The maximum atomic E-state index is 13.9. The fourth-order valence-corrected chi connectivity index (χ4v) is 9.18. The van der Waals surface area contributed by atoms with Gasteiger partial charge in [0.2, 0.25) is 0 Å². The molecule has 6 atom stereocenters. The van der Waals surface area contributed by atoms with Gasteiger partial charge in [-0.25, -0.2) is 0 Å². The van der Waals surface area contributed by atoms with Crippen molar-refractivity contribution in [2.45, 2.75) is 108 Å². The van der Waals surface area contributed by atoms with Crippen LogP contribution in [0.4, 0.5) is 0 Å². The molecule has 4 aliphatic heterocycles. The quantitative estimate of drug-likeness (QED) is 0.314. The van der Waals surface area contributed by atoms with Crippen LogP contribution in [0.1, 0.15) is 102 Å². The zero-order chi connectivity index (χ0) is 32.3. The van der Waals surface area contributed by atoms with E-state index in [0.29, 0.717) is 18.4 Å². The summed E-state index contributed by atoms with van der Waals surface area (Å²) in [7, 11) is 0. The lowest BCUT2D eigenvalue weighted by molar-refractivity contribution is -0.135. The number of ether oxygens (including phenoxy) is 2. The smallest absolute Gasteiger partial charge is 0.154 e. The van der Waals surface area contributed by atoms with Gasteiger partial charge in [0.05, 0.1) is 36.3 Å². The van der Waals surface area contributed by atoms with E-state index >= 15 is 0 Å². The van der Waals surface area contributed by atoms with Crippen LogP contribution in [0.5, 0.6) is 0 Å². The summed E-state index contributed by atoms with van der Waals surface area (Å²) in [6, 6.07) is 7.77. The number of aryl methyl sites for hydroxylation is 4. The first kappa shape index (κ1) is 31.1. The van der Waals surface area contributed by atoms with Crippen molar-refractivity contribution < 1.29 is 28.7 Å². The van der Waals surface area contributed by atoms with Crippen molar-refractivity contribution in [3.8, 4) is 23.1 Å². The Morgan fingerprint density at radius 2 is 1.20 bits per heavy atom. The van der Waals surface area contributed by atoms with Gasteiger partial charge in [-0.2, -0.15) is 0 Å². The van der Waals surface area contributed by atoms with Gasteiger partial charge in [-0.1, -0.05) is 5.92 Å². The van der Waals surface area contributed by atoms with Crippen molar-refractivity contribution in [3.63, 3.8) is 0 Å². The number of rotatable bonds is 5. The second kappa shape index (κ2) is 12.2. The number of hydrogen-bond acceptors (Lipinski definition) is 6. The molecule has 0 N–H and O–H groups in total. The Morgan fingerprint density at radius 1 is 0.696 bits per heavy atom. The van der Waals surface area contributed by atoms with E-state index < -0.39 is 11.8 Å². The van der Waals surface area contributed by atoms with Crippen molar-refractivity contribution >= 4 is 34.7 Å². The third kappa shape index (κ3) is 5.26. The number of benzene rings is 2. The lowest BCUT2D eigenvalue weighted by Crippen LogP contribution is -2.32. The van der Waals surface area contributed by atoms with E-state index in [4.69, 9.17) is 21.1 Å². The van der Waals surface area contributed by atoms with Crippen LogP contribution >= 0.6 is 11.6 Å². The normalized spacial score (nSPS) is 31.2. The molecule has 6 unspecified atom stereocenters. The minimum Gasteiger partial charge on any atom is -0.374 e. The van der Waals surface area contributed by atoms with Crippen LogP contribution in [0, 0.1) is 48.8 Å². The largest absolute Gasteiger partial charge is 0.374 e. The van der Waals surface area contributed by atoms with E-state index in [1.807, 2.05) is 38.1 Å². The summed E-state index contributed by atoms with van der Waals surface area (Å²) in [5, 5.41) is 2.45. The standard InChI is InChI=1S/C39H37ClO6/c1-4-5-22-14-21(3)33(37-38(43)35-30-10-11-31(46-30)36(35)39(37)44)25(16-22)7-6-24-17-23(12-13-40)15-20(2)32(24)34-28(41)18-26-8-9-27(45-26)19-29(34)42/h14-17,26-27,30-31,34-37H,6-11,18-19H2,1-3H3. The van der Waals surface area contributed by atoms with Crippen LogP contribution < -0.4 is 0 Å². The molecule has 1 aliphatic carbocycles. The monoisotopic (exact) mass is 636 g/mol. The van der Waals surface area contributed by atoms with Crippen molar-refractivity contribution in [1.29, 1.82) is 0 Å². The highest BCUT2D eigenvalue weighted by Gasteiger charge is 2.63.